The smallest absolute Gasteiger partial charge is 0.248 e. The van der Waals surface area contributed by atoms with Gasteiger partial charge in [0.25, 0.3) is 0 Å². The third-order valence-corrected chi connectivity index (χ3v) is 5.19. The van der Waals surface area contributed by atoms with Crippen LogP contribution in [-0.4, -0.2) is 49.5 Å². The average molecular weight is 342 g/mol. The summed E-state index contributed by atoms with van der Waals surface area (Å²) in [6.07, 6.45) is 4.46. The molecule has 0 radical (unpaired) electrons. The summed E-state index contributed by atoms with van der Waals surface area (Å²) in [5.74, 6) is 1.76. The predicted molar refractivity (Wildman–Crippen MR) is 103 cm³/mol. The van der Waals surface area contributed by atoms with Gasteiger partial charge in [0.15, 0.2) is 5.96 Å². The molecule has 2 aliphatic heterocycles. The molecule has 1 amide bonds. The lowest BCUT2D eigenvalue weighted by Crippen LogP contribution is -2.46. The molecule has 2 heterocycles. The minimum atomic E-state index is 0.0907. The highest BCUT2D eigenvalue weighted by atomic mass is 16.2. The molecule has 0 spiro atoms. The van der Waals surface area contributed by atoms with Crippen LogP contribution in [0.3, 0.4) is 0 Å². The Morgan fingerprint density at radius 1 is 1.24 bits per heavy atom. The Bertz CT molecular complexity index is 620. The number of nitrogens with zero attached hydrogens (tertiary/aromatic N) is 3. The first-order chi connectivity index (χ1) is 12.2. The van der Waals surface area contributed by atoms with Gasteiger partial charge in [-0.25, -0.2) is 4.99 Å². The lowest BCUT2D eigenvalue weighted by atomic mass is 10.00. The fraction of sp³-hybridized carbons (Fsp3) is 0.600. The third kappa shape index (κ3) is 4.33. The van der Waals surface area contributed by atoms with Gasteiger partial charge in [0.1, 0.15) is 6.54 Å². The van der Waals surface area contributed by atoms with Crippen LogP contribution in [0.1, 0.15) is 38.7 Å². The predicted octanol–water partition coefficient (Wildman–Crippen LogP) is 2.66. The van der Waals surface area contributed by atoms with Gasteiger partial charge in [-0.1, -0.05) is 25.1 Å². The summed E-state index contributed by atoms with van der Waals surface area (Å²) in [4.78, 5) is 21.6. The Balaban J connectivity index is 1.68. The van der Waals surface area contributed by atoms with E-state index in [0.717, 1.165) is 56.6 Å². The van der Waals surface area contributed by atoms with E-state index in [2.05, 4.69) is 35.1 Å². The molecule has 3 rings (SSSR count). The number of hydrogen-bond donors (Lipinski definition) is 1. The third-order valence-electron chi connectivity index (χ3n) is 5.19. The standard InChI is InChI=1S/C20H30N4O/c1-3-21-20(23-13-10-16(2)11-14-23)22-15-19(25)24-12-6-8-17-7-4-5-9-18(17)24/h4-5,7,9,16H,3,6,8,10-15H2,1-2H3,(H,21,22). The van der Waals surface area contributed by atoms with Gasteiger partial charge in [-0.3, -0.25) is 4.79 Å². The van der Waals surface area contributed by atoms with E-state index in [1.54, 1.807) is 0 Å². The maximum Gasteiger partial charge on any atom is 0.248 e. The number of para-hydroxylation sites is 1. The first-order valence-corrected chi connectivity index (χ1v) is 9.60. The number of piperidine rings is 1. The molecule has 0 aromatic heterocycles. The molecule has 2 aliphatic rings. The molecule has 0 unspecified atom stereocenters. The van der Waals surface area contributed by atoms with Crippen LogP contribution < -0.4 is 10.2 Å². The molecule has 0 aliphatic carbocycles. The van der Waals surface area contributed by atoms with E-state index in [1.807, 2.05) is 23.1 Å². The normalized spacial score (nSPS) is 18.9. The zero-order chi connectivity index (χ0) is 17.6. The number of aliphatic imine (C=N–C) groups is 1. The molecule has 1 fully saturated rings. The molecule has 1 saturated heterocycles. The van der Waals surface area contributed by atoms with Crippen molar-refractivity contribution in [1.29, 1.82) is 0 Å². The van der Waals surface area contributed by atoms with Crippen molar-refractivity contribution in [3.05, 3.63) is 29.8 Å². The zero-order valence-corrected chi connectivity index (χ0v) is 15.5. The first kappa shape index (κ1) is 17.8. The largest absolute Gasteiger partial charge is 0.357 e. The van der Waals surface area contributed by atoms with Gasteiger partial charge < -0.3 is 15.1 Å². The average Bonchev–Trinajstić information content (AvgIpc) is 2.65. The zero-order valence-electron chi connectivity index (χ0n) is 15.5. The van der Waals surface area contributed by atoms with E-state index in [4.69, 9.17) is 0 Å². The van der Waals surface area contributed by atoms with Crippen molar-refractivity contribution in [2.45, 2.75) is 39.5 Å². The highest BCUT2D eigenvalue weighted by molar-refractivity contribution is 5.97. The highest BCUT2D eigenvalue weighted by Crippen LogP contribution is 2.26. The molecular formula is C20H30N4O. The molecule has 1 aromatic carbocycles. The summed E-state index contributed by atoms with van der Waals surface area (Å²) in [6.45, 7) is 8.25. The Morgan fingerprint density at radius 3 is 2.76 bits per heavy atom. The number of benzene rings is 1. The summed E-state index contributed by atoms with van der Waals surface area (Å²) in [7, 11) is 0. The summed E-state index contributed by atoms with van der Waals surface area (Å²) in [5, 5.41) is 3.35. The van der Waals surface area contributed by atoms with Crippen LogP contribution >= 0.6 is 0 Å². The van der Waals surface area contributed by atoms with Crippen LogP contribution in [0.2, 0.25) is 0 Å². The number of amides is 1. The van der Waals surface area contributed by atoms with Gasteiger partial charge in [0.05, 0.1) is 0 Å². The number of likely N-dealkylation sites (tertiary alicyclic amines) is 1. The minimum absolute atomic E-state index is 0.0907. The molecule has 136 valence electrons. The van der Waals surface area contributed by atoms with Gasteiger partial charge in [0, 0.05) is 31.9 Å². The molecule has 25 heavy (non-hydrogen) atoms. The second kappa shape index (κ2) is 8.37. The van der Waals surface area contributed by atoms with Crippen LogP contribution in [0.25, 0.3) is 0 Å². The van der Waals surface area contributed by atoms with Crippen LogP contribution in [0.4, 0.5) is 5.69 Å². The molecular weight excluding hydrogens is 312 g/mol. The van der Waals surface area contributed by atoms with Crippen molar-refractivity contribution >= 4 is 17.6 Å². The van der Waals surface area contributed by atoms with Crippen molar-refractivity contribution < 1.29 is 4.79 Å². The van der Waals surface area contributed by atoms with Crippen LogP contribution in [0.15, 0.2) is 29.3 Å². The van der Waals surface area contributed by atoms with Crippen LogP contribution in [0, 0.1) is 5.92 Å². The summed E-state index contributed by atoms with van der Waals surface area (Å²) in [6, 6.07) is 8.22. The maximum atomic E-state index is 12.8. The van der Waals surface area contributed by atoms with E-state index in [-0.39, 0.29) is 12.5 Å². The number of fused-ring (bicyclic) bond motifs is 1. The van der Waals surface area contributed by atoms with Crippen molar-refractivity contribution in [3.8, 4) is 0 Å². The highest BCUT2D eigenvalue weighted by Gasteiger charge is 2.23. The number of guanidine groups is 1. The number of hydrogen-bond acceptors (Lipinski definition) is 2. The van der Waals surface area contributed by atoms with Crippen molar-refractivity contribution in [3.63, 3.8) is 0 Å². The SMILES string of the molecule is CCNC(=NCC(=O)N1CCCc2ccccc21)N1CCC(C)CC1. The number of nitrogens with one attached hydrogen (secondary N) is 1. The van der Waals surface area contributed by atoms with E-state index in [1.165, 1.54) is 18.4 Å². The number of carbonyl (C=O) groups excluding carboxylic acids is 1. The molecule has 1 aromatic rings. The van der Waals surface area contributed by atoms with Crippen molar-refractivity contribution in [2.75, 3.05) is 37.6 Å². The molecule has 0 saturated carbocycles. The summed E-state index contributed by atoms with van der Waals surface area (Å²) in [5.41, 5.74) is 2.33. The lowest BCUT2D eigenvalue weighted by Gasteiger charge is -2.33. The molecule has 5 nitrogen and oxygen atoms in total. The second-order valence-corrected chi connectivity index (χ2v) is 7.12. The first-order valence-electron chi connectivity index (χ1n) is 9.60. The minimum Gasteiger partial charge on any atom is -0.357 e. The van der Waals surface area contributed by atoms with E-state index in [9.17, 15) is 4.79 Å². The van der Waals surface area contributed by atoms with Crippen molar-refractivity contribution in [1.82, 2.24) is 10.2 Å². The maximum absolute atomic E-state index is 12.8. The Kier molecular flexibility index (Phi) is 5.95. The van der Waals surface area contributed by atoms with Gasteiger partial charge >= 0.3 is 0 Å². The van der Waals surface area contributed by atoms with E-state index in [0.29, 0.717) is 0 Å². The topological polar surface area (TPSA) is 47.9 Å². The quantitative estimate of drug-likeness (QED) is 0.679. The molecule has 1 N–H and O–H groups in total. The molecule has 5 heteroatoms. The molecule has 0 bridgehead atoms. The van der Waals surface area contributed by atoms with Crippen molar-refractivity contribution in [2.24, 2.45) is 10.9 Å². The summed E-state index contributed by atoms with van der Waals surface area (Å²) >= 11 is 0. The Morgan fingerprint density at radius 2 is 2.00 bits per heavy atom. The number of aryl methyl sites for hydroxylation is 1. The lowest BCUT2D eigenvalue weighted by molar-refractivity contribution is -0.117. The fourth-order valence-electron chi connectivity index (χ4n) is 3.67. The van der Waals surface area contributed by atoms with Gasteiger partial charge in [-0.05, 0) is 50.2 Å². The van der Waals surface area contributed by atoms with Gasteiger partial charge in [-0.2, -0.15) is 0 Å². The molecule has 0 atom stereocenters. The monoisotopic (exact) mass is 342 g/mol. The number of anilines is 1. The summed E-state index contributed by atoms with van der Waals surface area (Å²) < 4.78 is 0. The van der Waals surface area contributed by atoms with Gasteiger partial charge in [0.2, 0.25) is 5.91 Å². The number of rotatable bonds is 3. The van der Waals surface area contributed by atoms with E-state index < -0.39 is 0 Å². The Labute approximate surface area is 151 Å². The van der Waals surface area contributed by atoms with Crippen LogP contribution in [0.5, 0.6) is 0 Å². The van der Waals surface area contributed by atoms with Crippen LogP contribution in [-0.2, 0) is 11.2 Å². The van der Waals surface area contributed by atoms with Gasteiger partial charge in [-0.15, -0.1) is 0 Å². The fourth-order valence-corrected chi connectivity index (χ4v) is 3.67. The van der Waals surface area contributed by atoms with E-state index >= 15 is 0 Å². The Hall–Kier alpha value is -2.04. The number of carbonyl (C=O) groups is 1. The second-order valence-electron chi connectivity index (χ2n) is 7.12.